The fourth-order valence-electron chi connectivity index (χ4n) is 4.21. The van der Waals surface area contributed by atoms with Gasteiger partial charge in [-0.05, 0) is 75.2 Å². The first-order chi connectivity index (χ1) is 14.5. The molecule has 1 amide bonds. The third-order valence-corrected chi connectivity index (χ3v) is 7.30. The van der Waals surface area contributed by atoms with Gasteiger partial charge in [0.2, 0.25) is 0 Å². The van der Waals surface area contributed by atoms with Crippen LogP contribution in [0.1, 0.15) is 57.2 Å². The molecule has 1 saturated heterocycles. The van der Waals surface area contributed by atoms with E-state index in [-0.39, 0.29) is 11.9 Å². The van der Waals surface area contributed by atoms with Crippen LogP contribution in [0.2, 0.25) is 5.02 Å². The van der Waals surface area contributed by atoms with Crippen LogP contribution in [0.25, 0.3) is 0 Å². The van der Waals surface area contributed by atoms with Crippen molar-refractivity contribution in [3.63, 3.8) is 0 Å². The van der Waals surface area contributed by atoms with Crippen LogP contribution in [0.4, 0.5) is 5.00 Å². The van der Waals surface area contributed by atoms with E-state index >= 15 is 0 Å². The molecule has 1 fully saturated rings. The summed E-state index contributed by atoms with van der Waals surface area (Å²) < 4.78 is 0. The van der Waals surface area contributed by atoms with E-state index in [0.29, 0.717) is 5.56 Å². The monoisotopic (exact) mass is 438 g/mol. The van der Waals surface area contributed by atoms with Gasteiger partial charge in [0.1, 0.15) is 5.00 Å². The average molecular weight is 439 g/mol. The minimum Gasteiger partial charge on any atom is -0.313 e. The highest BCUT2D eigenvalue weighted by Gasteiger charge is 2.30. The largest absolute Gasteiger partial charge is 0.313 e. The van der Waals surface area contributed by atoms with E-state index in [1.54, 1.807) is 11.3 Å². The first kappa shape index (κ1) is 21.1. The number of likely N-dealkylation sites (tertiary alicyclic amines) is 1. The summed E-state index contributed by atoms with van der Waals surface area (Å²) in [5.41, 5.74) is 4.37. The molecular formula is C25H27ClN2OS. The predicted molar refractivity (Wildman–Crippen MR) is 127 cm³/mol. The lowest BCUT2D eigenvalue weighted by atomic mass is 9.93. The van der Waals surface area contributed by atoms with Gasteiger partial charge in [-0.25, -0.2) is 0 Å². The summed E-state index contributed by atoms with van der Waals surface area (Å²) in [6, 6.07) is 17.7. The van der Waals surface area contributed by atoms with Crippen molar-refractivity contribution in [2.24, 2.45) is 0 Å². The first-order valence-corrected chi connectivity index (χ1v) is 11.7. The normalized spacial score (nSPS) is 15.7. The van der Waals surface area contributed by atoms with Crippen molar-refractivity contribution in [2.75, 3.05) is 18.4 Å². The van der Waals surface area contributed by atoms with Crippen LogP contribution in [0.15, 0.2) is 54.6 Å². The van der Waals surface area contributed by atoms with Gasteiger partial charge >= 0.3 is 0 Å². The molecule has 30 heavy (non-hydrogen) atoms. The van der Waals surface area contributed by atoms with Crippen LogP contribution in [0, 0.1) is 13.8 Å². The van der Waals surface area contributed by atoms with Gasteiger partial charge in [-0.3, -0.25) is 9.69 Å². The number of halogens is 1. The number of carbonyl (C=O) groups excluding carboxylic acids is 1. The van der Waals surface area contributed by atoms with Crippen molar-refractivity contribution >= 4 is 33.8 Å². The molecule has 1 aromatic heterocycles. The Hall–Kier alpha value is -2.14. The number of nitrogens with one attached hydrogen (secondary N) is 1. The number of rotatable bonds is 5. The summed E-state index contributed by atoms with van der Waals surface area (Å²) in [5.74, 6) is -0.0633. The lowest BCUT2D eigenvalue weighted by molar-refractivity contribution is 0.102. The average Bonchev–Trinajstić information content (AvgIpc) is 3.04. The fraction of sp³-hybridized carbons (Fsp3) is 0.320. The maximum atomic E-state index is 12.9. The molecule has 2 aromatic carbocycles. The van der Waals surface area contributed by atoms with Crippen LogP contribution in [0.5, 0.6) is 0 Å². The Balaban J connectivity index is 1.76. The number of anilines is 1. The molecule has 0 saturated carbocycles. The van der Waals surface area contributed by atoms with E-state index in [4.69, 9.17) is 11.6 Å². The van der Waals surface area contributed by atoms with E-state index in [0.717, 1.165) is 23.1 Å². The smallest absolute Gasteiger partial charge is 0.256 e. The number of nitrogens with zero attached hydrogens (tertiary/aromatic N) is 1. The number of benzene rings is 2. The fourth-order valence-corrected chi connectivity index (χ4v) is 5.43. The van der Waals surface area contributed by atoms with Gasteiger partial charge in [0.25, 0.3) is 5.91 Å². The van der Waals surface area contributed by atoms with Crippen LogP contribution in [0.3, 0.4) is 0 Å². The lowest BCUT2D eigenvalue weighted by Gasteiger charge is -2.36. The Labute approximate surface area is 187 Å². The van der Waals surface area contributed by atoms with E-state index in [1.165, 1.54) is 40.8 Å². The number of carbonyl (C=O) groups is 1. The van der Waals surface area contributed by atoms with Crippen molar-refractivity contribution in [3.8, 4) is 0 Å². The van der Waals surface area contributed by atoms with E-state index in [2.05, 4.69) is 36.2 Å². The highest BCUT2D eigenvalue weighted by atomic mass is 35.5. The van der Waals surface area contributed by atoms with Crippen LogP contribution in [-0.4, -0.2) is 23.9 Å². The molecule has 2 heterocycles. The van der Waals surface area contributed by atoms with Gasteiger partial charge in [-0.2, -0.15) is 0 Å². The highest BCUT2D eigenvalue weighted by Crippen LogP contribution is 2.43. The van der Waals surface area contributed by atoms with Crippen molar-refractivity contribution < 1.29 is 4.79 Å². The second-order valence-electron chi connectivity index (χ2n) is 7.90. The second kappa shape index (κ2) is 9.34. The molecule has 1 aliphatic heterocycles. The molecule has 0 unspecified atom stereocenters. The van der Waals surface area contributed by atoms with Gasteiger partial charge in [0.15, 0.2) is 0 Å². The van der Waals surface area contributed by atoms with Gasteiger partial charge in [-0.15, -0.1) is 11.3 Å². The third-order valence-electron chi connectivity index (χ3n) is 5.91. The molecule has 0 radical (unpaired) electrons. The van der Waals surface area contributed by atoms with Crippen LogP contribution < -0.4 is 5.32 Å². The maximum absolute atomic E-state index is 12.9. The molecule has 3 aromatic rings. The molecule has 1 N–H and O–H groups in total. The number of hydrogen-bond acceptors (Lipinski definition) is 3. The molecule has 0 aliphatic carbocycles. The van der Waals surface area contributed by atoms with Gasteiger partial charge < -0.3 is 5.32 Å². The molecule has 1 aliphatic rings. The van der Waals surface area contributed by atoms with E-state index in [9.17, 15) is 4.79 Å². The topological polar surface area (TPSA) is 32.3 Å². The summed E-state index contributed by atoms with van der Waals surface area (Å²) >= 11 is 7.85. The first-order valence-electron chi connectivity index (χ1n) is 10.5. The molecular weight excluding hydrogens is 412 g/mol. The van der Waals surface area contributed by atoms with Gasteiger partial charge in [0, 0.05) is 21.0 Å². The summed E-state index contributed by atoms with van der Waals surface area (Å²) in [7, 11) is 0. The molecule has 0 bridgehead atoms. The molecule has 156 valence electrons. The van der Waals surface area contributed by atoms with Crippen molar-refractivity contribution in [1.29, 1.82) is 0 Å². The van der Waals surface area contributed by atoms with Crippen LogP contribution >= 0.6 is 22.9 Å². The predicted octanol–water partition coefficient (Wildman–Crippen LogP) is 6.85. The highest BCUT2D eigenvalue weighted by molar-refractivity contribution is 7.16. The zero-order chi connectivity index (χ0) is 21.1. The van der Waals surface area contributed by atoms with Gasteiger partial charge in [-0.1, -0.05) is 48.4 Å². The Kier molecular flexibility index (Phi) is 6.57. The maximum Gasteiger partial charge on any atom is 0.256 e. The quantitative estimate of drug-likeness (QED) is 0.472. The zero-order valence-corrected chi connectivity index (χ0v) is 19.0. The van der Waals surface area contributed by atoms with Gasteiger partial charge in [0.05, 0.1) is 6.04 Å². The standard InChI is InChI=1S/C25H27ClN2OS/c1-17-18(2)30-25(27-24(29)20-9-5-3-6-10-20)22(17)23(28-15-7-4-8-16-28)19-11-13-21(26)14-12-19/h3,5-6,9-14,23H,4,7-8,15-16H2,1-2H3,(H,27,29)/t23-/m0/s1. The summed E-state index contributed by atoms with van der Waals surface area (Å²) in [6.45, 7) is 6.43. The Bertz CT molecular complexity index is 1010. The third kappa shape index (κ3) is 4.46. The Morgan fingerprint density at radius 2 is 1.67 bits per heavy atom. The number of piperidine rings is 1. The number of amides is 1. The van der Waals surface area contributed by atoms with Crippen molar-refractivity contribution in [3.05, 3.63) is 86.8 Å². The summed E-state index contributed by atoms with van der Waals surface area (Å²) in [5, 5.41) is 4.91. The van der Waals surface area contributed by atoms with Crippen molar-refractivity contribution in [2.45, 2.75) is 39.2 Å². The molecule has 0 spiro atoms. The second-order valence-corrected chi connectivity index (χ2v) is 9.56. The molecule has 5 heteroatoms. The van der Waals surface area contributed by atoms with E-state index in [1.807, 2.05) is 42.5 Å². The number of thiophene rings is 1. The van der Waals surface area contributed by atoms with Crippen molar-refractivity contribution in [1.82, 2.24) is 4.90 Å². The molecule has 4 rings (SSSR count). The molecule has 1 atom stereocenters. The number of hydrogen-bond donors (Lipinski definition) is 1. The minimum atomic E-state index is -0.0633. The molecule has 3 nitrogen and oxygen atoms in total. The number of aryl methyl sites for hydroxylation is 1. The zero-order valence-electron chi connectivity index (χ0n) is 17.5. The Morgan fingerprint density at radius 1 is 1.00 bits per heavy atom. The van der Waals surface area contributed by atoms with Crippen LogP contribution in [-0.2, 0) is 0 Å². The summed E-state index contributed by atoms with van der Waals surface area (Å²) in [6.07, 6.45) is 3.69. The Morgan fingerprint density at radius 3 is 2.33 bits per heavy atom. The van der Waals surface area contributed by atoms with E-state index < -0.39 is 0 Å². The SMILES string of the molecule is Cc1sc(NC(=O)c2ccccc2)c([C@H](c2ccc(Cl)cc2)N2CCCCC2)c1C. The lowest BCUT2D eigenvalue weighted by Crippen LogP contribution is -2.35. The minimum absolute atomic E-state index is 0.0633. The summed E-state index contributed by atoms with van der Waals surface area (Å²) in [4.78, 5) is 16.7.